The van der Waals surface area contributed by atoms with Gasteiger partial charge >= 0.3 is 5.97 Å². The minimum Gasteiger partial charge on any atom is -0.539 e. The van der Waals surface area contributed by atoms with Crippen LogP contribution in [-0.4, -0.2) is 24.3 Å². The number of carbonyl (C=O) groups is 2. The van der Waals surface area contributed by atoms with Crippen LogP contribution in [0.2, 0.25) is 0 Å². The quantitative estimate of drug-likeness (QED) is 0.496. The van der Waals surface area contributed by atoms with Gasteiger partial charge in [-0.2, -0.15) is 0 Å². The molecule has 0 spiro atoms. The molecule has 1 amide bonds. The molecule has 2 heterocycles. The monoisotopic (exact) mass is 351 g/mol. The smallest absolute Gasteiger partial charge is 0.341 e. The van der Waals surface area contributed by atoms with Gasteiger partial charge < -0.3 is 19.7 Å². The highest BCUT2D eigenvalue weighted by Gasteiger charge is 2.27. The van der Waals surface area contributed by atoms with E-state index in [1.54, 1.807) is 0 Å². The normalized spacial score (nSPS) is 13.9. The van der Waals surface area contributed by atoms with E-state index in [4.69, 9.17) is 4.74 Å². The molecule has 24 heavy (non-hydrogen) atoms. The number of esters is 1. The van der Waals surface area contributed by atoms with Gasteiger partial charge in [0.2, 0.25) is 6.20 Å². The summed E-state index contributed by atoms with van der Waals surface area (Å²) >= 11 is 1.42. The Morgan fingerprint density at radius 2 is 2.21 bits per heavy atom. The first kappa shape index (κ1) is 16.4. The molecule has 8 nitrogen and oxygen atoms in total. The van der Waals surface area contributed by atoms with E-state index < -0.39 is 17.8 Å². The first-order valence-corrected chi connectivity index (χ1v) is 8.46. The van der Waals surface area contributed by atoms with E-state index >= 15 is 0 Å². The molecule has 0 aromatic carbocycles. The van der Waals surface area contributed by atoms with Gasteiger partial charge in [-0.25, -0.2) is 4.79 Å². The average molecular weight is 351 g/mol. The van der Waals surface area contributed by atoms with Crippen molar-refractivity contribution in [3.05, 3.63) is 22.2 Å². The minimum absolute atomic E-state index is 0.172. The lowest BCUT2D eigenvalue weighted by Crippen LogP contribution is -2.41. The Hall–Kier alpha value is -2.42. The number of hydrogen-bond acceptors (Lipinski definition) is 7. The summed E-state index contributed by atoms with van der Waals surface area (Å²) in [6.07, 6.45) is 6.01. The first-order valence-electron chi connectivity index (χ1n) is 7.64. The summed E-state index contributed by atoms with van der Waals surface area (Å²) in [6.45, 7) is -0.172. The van der Waals surface area contributed by atoms with Crippen LogP contribution in [0.4, 0.5) is 5.00 Å². The third kappa shape index (κ3) is 3.40. The van der Waals surface area contributed by atoms with Crippen molar-refractivity contribution in [2.45, 2.75) is 38.6 Å². The zero-order valence-electron chi connectivity index (χ0n) is 13.2. The molecular formula is C15H17N3O5S. The number of hydrogen-bond donors (Lipinski definition) is 1. The molecule has 0 saturated carbocycles. The maximum Gasteiger partial charge on any atom is 0.341 e. The third-order valence-corrected chi connectivity index (χ3v) is 5.07. The minimum atomic E-state index is -0.624. The lowest BCUT2D eigenvalue weighted by molar-refractivity contribution is -0.750. The maximum absolute atomic E-state index is 12.2. The van der Waals surface area contributed by atoms with Gasteiger partial charge in [-0.05, 0) is 31.2 Å². The molecule has 1 aliphatic carbocycles. The van der Waals surface area contributed by atoms with E-state index in [0.29, 0.717) is 10.6 Å². The Balaban J connectivity index is 1.84. The third-order valence-electron chi connectivity index (χ3n) is 3.86. The number of rotatable bonds is 4. The molecule has 2 aromatic heterocycles. The van der Waals surface area contributed by atoms with Crippen LogP contribution in [0.25, 0.3) is 0 Å². The van der Waals surface area contributed by atoms with Gasteiger partial charge in [0.1, 0.15) is 10.9 Å². The number of amides is 1. The Kier molecular flexibility index (Phi) is 4.79. The summed E-state index contributed by atoms with van der Waals surface area (Å²) in [6, 6.07) is 0. The summed E-state index contributed by atoms with van der Waals surface area (Å²) in [5.41, 5.74) is 1.43. The Morgan fingerprint density at radius 3 is 2.92 bits per heavy atom. The van der Waals surface area contributed by atoms with Gasteiger partial charge in [-0.15, -0.1) is 11.3 Å². The molecule has 0 aliphatic heterocycles. The summed E-state index contributed by atoms with van der Waals surface area (Å²) in [5.74, 6) is -1.46. The predicted octanol–water partition coefficient (Wildman–Crippen LogP) is 0.791. The van der Waals surface area contributed by atoms with Crippen molar-refractivity contribution in [1.29, 1.82) is 0 Å². The molecule has 1 aliphatic rings. The van der Waals surface area contributed by atoms with E-state index in [1.165, 1.54) is 18.4 Å². The van der Waals surface area contributed by atoms with Crippen molar-refractivity contribution in [1.82, 2.24) is 5.27 Å². The number of anilines is 1. The molecule has 128 valence electrons. The van der Waals surface area contributed by atoms with Crippen LogP contribution in [0.1, 0.15) is 40.1 Å². The van der Waals surface area contributed by atoms with Crippen molar-refractivity contribution in [3.8, 4) is 5.95 Å². The van der Waals surface area contributed by atoms with Crippen molar-refractivity contribution in [3.63, 3.8) is 0 Å². The molecule has 1 N–H and O–H groups in total. The average Bonchev–Trinajstić information content (AvgIpc) is 3.02. The van der Waals surface area contributed by atoms with Gasteiger partial charge in [0.25, 0.3) is 12.5 Å². The van der Waals surface area contributed by atoms with Crippen molar-refractivity contribution >= 4 is 28.2 Å². The van der Waals surface area contributed by atoms with Crippen LogP contribution in [-0.2, 0) is 28.9 Å². The largest absolute Gasteiger partial charge is 0.539 e. The fourth-order valence-electron chi connectivity index (χ4n) is 2.80. The molecule has 0 atom stereocenters. The molecule has 0 unspecified atom stereocenters. The first-order chi connectivity index (χ1) is 11.6. The summed E-state index contributed by atoms with van der Waals surface area (Å²) < 4.78 is 10.4. The van der Waals surface area contributed by atoms with Crippen LogP contribution in [0.3, 0.4) is 0 Å². The van der Waals surface area contributed by atoms with E-state index in [0.717, 1.165) is 53.4 Å². The fourth-order valence-corrected chi connectivity index (χ4v) is 4.09. The van der Waals surface area contributed by atoms with Crippen LogP contribution < -0.4 is 15.1 Å². The molecule has 9 heteroatoms. The summed E-state index contributed by atoms with van der Waals surface area (Å²) in [5, 5.41) is 17.6. The summed E-state index contributed by atoms with van der Waals surface area (Å²) in [7, 11) is 1.33. The number of aryl methyl sites for hydroxylation is 1. The second-order valence-electron chi connectivity index (χ2n) is 5.53. The maximum atomic E-state index is 12.2. The summed E-state index contributed by atoms with van der Waals surface area (Å²) in [4.78, 5) is 25.5. The number of nitrogens with zero attached hydrogens (tertiary/aromatic N) is 2. The highest BCUT2D eigenvalue weighted by molar-refractivity contribution is 7.17. The van der Waals surface area contributed by atoms with E-state index in [2.05, 4.69) is 15.1 Å². The number of ether oxygens (including phenoxy) is 1. The van der Waals surface area contributed by atoms with Crippen LogP contribution in [0.5, 0.6) is 5.95 Å². The number of thiophene rings is 1. The van der Waals surface area contributed by atoms with Crippen molar-refractivity contribution in [2.24, 2.45) is 0 Å². The highest BCUT2D eigenvalue weighted by Crippen LogP contribution is 2.37. The number of fused-ring (bicyclic) bond motifs is 1. The van der Waals surface area contributed by atoms with Gasteiger partial charge in [0.15, 0.2) is 0 Å². The van der Waals surface area contributed by atoms with E-state index in [9.17, 15) is 14.7 Å². The van der Waals surface area contributed by atoms with Gasteiger partial charge in [-0.3, -0.25) is 4.79 Å². The molecule has 3 rings (SSSR count). The standard InChI is InChI=1S/C15H17N3O5S/c1-22-15(21)13-9-5-3-2-4-6-10(9)24-14(13)16-11(19)7-18-8-12(20)23-17-18/h8H,2-7H2,1H3,(H-,16,17,19,20,21). The number of methoxy groups -OCH3 is 1. The molecule has 0 radical (unpaired) electrons. The lowest BCUT2D eigenvalue weighted by atomic mass is 10.1. The second-order valence-corrected chi connectivity index (χ2v) is 6.63. The number of aromatic nitrogens is 2. The van der Waals surface area contributed by atoms with E-state index in [-0.39, 0.29) is 6.54 Å². The fraction of sp³-hybridized carbons (Fsp3) is 0.467. The zero-order chi connectivity index (χ0) is 17.1. The molecule has 0 fully saturated rings. The Labute approximate surface area is 142 Å². The Morgan fingerprint density at radius 1 is 1.42 bits per heavy atom. The number of nitrogens with one attached hydrogen (secondary N) is 1. The van der Waals surface area contributed by atoms with Crippen molar-refractivity contribution in [2.75, 3.05) is 12.4 Å². The van der Waals surface area contributed by atoms with Crippen molar-refractivity contribution < 1.29 is 28.6 Å². The SMILES string of the molecule is COC(=O)c1c(NC(=O)C[n+]2cc([O-])on2)sc2c1CCCCC2. The van der Waals surface area contributed by atoms with Gasteiger partial charge in [0.05, 0.1) is 17.9 Å². The highest BCUT2D eigenvalue weighted by atomic mass is 32.1. The topological polar surface area (TPSA) is 108 Å². The zero-order valence-corrected chi connectivity index (χ0v) is 14.0. The second kappa shape index (κ2) is 7.00. The van der Waals surface area contributed by atoms with Crippen LogP contribution in [0.15, 0.2) is 10.7 Å². The molecular weight excluding hydrogens is 334 g/mol. The van der Waals surface area contributed by atoms with Crippen LogP contribution in [0, 0.1) is 0 Å². The number of carbonyl (C=O) groups excluding carboxylic acids is 2. The molecule has 2 aromatic rings. The molecule has 0 bridgehead atoms. The Bertz CT molecular complexity index is 767. The van der Waals surface area contributed by atoms with Crippen LogP contribution >= 0.6 is 11.3 Å². The predicted molar refractivity (Wildman–Crippen MR) is 81.7 cm³/mol. The van der Waals surface area contributed by atoms with Gasteiger partial charge in [0, 0.05) is 4.88 Å². The van der Waals surface area contributed by atoms with E-state index in [1.807, 2.05) is 0 Å². The lowest BCUT2D eigenvalue weighted by Gasteiger charge is -2.06. The molecule has 0 saturated heterocycles. The van der Waals surface area contributed by atoms with Gasteiger partial charge in [-0.1, -0.05) is 11.1 Å².